The van der Waals surface area contributed by atoms with Gasteiger partial charge in [0, 0.05) is 6.42 Å². The van der Waals surface area contributed by atoms with Gasteiger partial charge in [0.1, 0.15) is 11.3 Å². The Hall–Kier alpha value is -1.55. The van der Waals surface area contributed by atoms with E-state index in [1.807, 2.05) is 25.1 Å². The van der Waals surface area contributed by atoms with Gasteiger partial charge in [0.15, 0.2) is 0 Å². The van der Waals surface area contributed by atoms with Crippen LogP contribution in [-0.4, -0.2) is 23.2 Å². The Balaban J connectivity index is 2.34. The van der Waals surface area contributed by atoms with E-state index in [1.165, 1.54) is 0 Å². The molecule has 1 aromatic rings. The Morgan fingerprint density at radius 3 is 3.00 bits per heavy atom. The second-order valence-corrected chi connectivity index (χ2v) is 4.46. The van der Waals surface area contributed by atoms with Crippen molar-refractivity contribution in [3.05, 3.63) is 29.3 Å². The molecule has 1 aromatic carbocycles. The average molecular weight is 235 g/mol. The van der Waals surface area contributed by atoms with Crippen LogP contribution >= 0.6 is 0 Å². The molecule has 1 aliphatic carbocycles. The van der Waals surface area contributed by atoms with Crippen LogP contribution in [0.2, 0.25) is 0 Å². The largest absolute Gasteiger partial charge is 0.494 e. The zero-order valence-electron chi connectivity index (χ0n) is 9.90. The van der Waals surface area contributed by atoms with Gasteiger partial charge in [0.2, 0.25) is 0 Å². The van der Waals surface area contributed by atoms with E-state index in [0.29, 0.717) is 25.9 Å². The second-order valence-electron chi connectivity index (χ2n) is 4.46. The maximum Gasteiger partial charge on any atom is 0.324 e. The highest BCUT2D eigenvalue weighted by Crippen LogP contribution is 2.33. The second kappa shape index (κ2) is 4.37. The van der Waals surface area contributed by atoms with E-state index in [-0.39, 0.29) is 0 Å². The van der Waals surface area contributed by atoms with Crippen molar-refractivity contribution in [3.63, 3.8) is 0 Å². The van der Waals surface area contributed by atoms with Gasteiger partial charge in [-0.25, -0.2) is 0 Å². The zero-order valence-corrected chi connectivity index (χ0v) is 9.90. The molecule has 3 N–H and O–H groups in total. The van der Waals surface area contributed by atoms with E-state index in [1.54, 1.807) is 0 Å². The summed E-state index contributed by atoms with van der Waals surface area (Å²) in [6.45, 7) is 2.55. The number of carbonyl (C=O) groups is 1. The molecule has 0 saturated carbocycles. The van der Waals surface area contributed by atoms with E-state index in [0.717, 1.165) is 16.9 Å². The Kier molecular flexibility index (Phi) is 3.07. The zero-order chi connectivity index (χ0) is 12.5. The molecule has 0 saturated heterocycles. The molecule has 92 valence electrons. The Bertz CT molecular complexity index is 444. The lowest BCUT2D eigenvalue weighted by atomic mass is 9.78. The number of hydrogen-bond donors (Lipinski definition) is 2. The van der Waals surface area contributed by atoms with Crippen LogP contribution in [0.3, 0.4) is 0 Å². The fourth-order valence-corrected chi connectivity index (χ4v) is 2.31. The smallest absolute Gasteiger partial charge is 0.324 e. The van der Waals surface area contributed by atoms with Gasteiger partial charge in [-0.3, -0.25) is 4.79 Å². The molecular weight excluding hydrogens is 218 g/mol. The molecule has 1 atom stereocenters. The van der Waals surface area contributed by atoms with Crippen LogP contribution in [-0.2, 0) is 17.6 Å². The molecule has 0 bridgehead atoms. The van der Waals surface area contributed by atoms with Gasteiger partial charge in [0.25, 0.3) is 0 Å². The first-order chi connectivity index (χ1) is 8.07. The third-order valence-electron chi connectivity index (χ3n) is 3.28. The van der Waals surface area contributed by atoms with Crippen LogP contribution in [0, 0.1) is 0 Å². The first-order valence-corrected chi connectivity index (χ1v) is 5.82. The molecule has 4 nitrogen and oxygen atoms in total. The highest BCUT2D eigenvalue weighted by Gasteiger charge is 2.38. The molecule has 17 heavy (non-hydrogen) atoms. The first kappa shape index (κ1) is 11.9. The normalized spacial score (nSPS) is 22.9. The molecule has 0 amide bonds. The molecule has 0 heterocycles. The van der Waals surface area contributed by atoms with Gasteiger partial charge < -0.3 is 15.6 Å². The SMILES string of the molecule is CCOc1cccc2c1CC[C@@](N)(C(=O)O)C2. The molecule has 4 heteroatoms. The summed E-state index contributed by atoms with van der Waals surface area (Å²) in [6.07, 6.45) is 1.49. The van der Waals surface area contributed by atoms with Crippen LogP contribution in [0.1, 0.15) is 24.5 Å². The van der Waals surface area contributed by atoms with E-state index in [4.69, 9.17) is 15.6 Å². The standard InChI is InChI=1S/C13H17NO3/c1-2-17-11-5-3-4-9-8-13(14,12(15)16)7-6-10(9)11/h3-5H,2,6-8,14H2,1H3,(H,15,16)/t13-/m0/s1. The lowest BCUT2D eigenvalue weighted by molar-refractivity contribution is -0.143. The molecule has 0 unspecified atom stereocenters. The third-order valence-corrected chi connectivity index (χ3v) is 3.28. The van der Waals surface area contributed by atoms with E-state index >= 15 is 0 Å². The van der Waals surface area contributed by atoms with Crippen molar-refractivity contribution in [1.29, 1.82) is 0 Å². The topological polar surface area (TPSA) is 72.5 Å². The minimum Gasteiger partial charge on any atom is -0.494 e. The number of carboxylic acids is 1. The van der Waals surface area contributed by atoms with Gasteiger partial charge in [-0.2, -0.15) is 0 Å². The highest BCUT2D eigenvalue weighted by molar-refractivity contribution is 5.79. The summed E-state index contributed by atoms with van der Waals surface area (Å²) in [5.41, 5.74) is 6.87. The summed E-state index contributed by atoms with van der Waals surface area (Å²) in [6, 6.07) is 5.74. The summed E-state index contributed by atoms with van der Waals surface area (Å²) in [4.78, 5) is 11.1. The summed E-state index contributed by atoms with van der Waals surface area (Å²) < 4.78 is 5.54. The van der Waals surface area contributed by atoms with Gasteiger partial charge >= 0.3 is 5.97 Å². The van der Waals surface area contributed by atoms with Crippen molar-refractivity contribution < 1.29 is 14.6 Å². The van der Waals surface area contributed by atoms with Crippen LogP contribution in [0.5, 0.6) is 5.75 Å². The molecule has 0 fully saturated rings. The molecule has 0 aliphatic heterocycles. The quantitative estimate of drug-likeness (QED) is 0.829. The first-order valence-electron chi connectivity index (χ1n) is 5.82. The van der Waals surface area contributed by atoms with Gasteiger partial charge in [-0.05, 0) is 37.0 Å². The summed E-state index contributed by atoms with van der Waals surface area (Å²) >= 11 is 0. The fraction of sp³-hybridized carbons (Fsp3) is 0.462. The van der Waals surface area contributed by atoms with E-state index in [9.17, 15) is 4.79 Å². The van der Waals surface area contributed by atoms with Crippen molar-refractivity contribution in [1.82, 2.24) is 0 Å². The monoisotopic (exact) mass is 235 g/mol. The van der Waals surface area contributed by atoms with Crippen LogP contribution in [0.25, 0.3) is 0 Å². The van der Waals surface area contributed by atoms with E-state index < -0.39 is 11.5 Å². The molecule has 2 rings (SSSR count). The Morgan fingerprint density at radius 2 is 2.35 bits per heavy atom. The van der Waals surface area contributed by atoms with Crippen LogP contribution < -0.4 is 10.5 Å². The van der Waals surface area contributed by atoms with Gasteiger partial charge in [0.05, 0.1) is 6.61 Å². The Morgan fingerprint density at radius 1 is 1.59 bits per heavy atom. The van der Waals surface area contributed by atoms with Crippen molar-refractivity contribution >= 4 is 5.97 Å². The maximum atomic E-state index is 11.1. The number of fused-ring (bicyclic) bond motifs is 1. The number of carboxylic acid groups (broad SMARTS) is 1. The highest BCUT2D eigenvalue weighted by atomic mass is 16.5. The fourth-order valence-electron chi connectivity index (χ4n) is 2.31. The maximum absolute atomic E-state index is 11.1. The lowest BCUT2D eigenvalue weighted by Crippen LogP contribution is -2.52. The predicted molar refractivity (Wildman–Crippen MR) is 64.2 cm³/mol. The van der Waals surface area contributed by atoms with Crippen molar-refractivity contribution in [3.8, 4) is 5.75 Å². The van der Waals surface area contributed by atoms with Crippen LogP contribution in [0.15, 0.2) is 18.2 Å². The van der Waals surface area contributed by atoms with Crippen molar-refractivity contribution in [2.75, 3.05) is 6.61 Å². The molecule has 1 aliphatic rings. The van der Waals surface area contributed by atoms with E-state index in [2.05, 4.69) is 0 Å². The number of ether oxygens (including phenoxy) is 1. The average Bonchev–Trinajstić information content (AvgIpc) is 2.29. The van der Waals surface area contributed by atoms with Gasteiger partial charge in [-0.15, -0.1) is 0 Å². The molecule has 0 spiro atoms. The third kappa shape index (κ3) is 2.13. The molecule has 0 aromatic heterocycles. The van der Waals surface area contributed by atoms with Gasteiger partial charge in [-0.1, -0.05) is 12.1 Å². The summed E-state index contributed by atoms with van der Waals surface area (Å²) in [5, 5.41) is 9.14. The number of benzene rings is 1. The molecular formula is C13H17NO3. The van der Waals surface area contributed by atoms with Crippen molar-refractivity contribution in [2.45, 2.75) is 31.7 Å². The minimum absolute atomic E-state index is 0.374. The summed E-state index contributed by atoms with van der Waals surface area (Å²) in [7, 11) is 0. The number of rotatable bonds is 3. The number of aliphatic carboxylic acids is 1. The Labute approximate surface area is 100 Å². The lowest BCUT2D eigenvalue weighted by Gasteiger charge is -2.31. The van der Waals surface area contributed by atoms with Crippen molar-refractivity contribution in [2.24, 2.45) is 5.73 Å². The molecule has 0 radical (unpaired) electrons. The minimum atomic E-state index is -1.13. The number of hydrogen-bond acceptors (Lipinski definition) is 3. The summed E-state index contributed by atoms with van der Waals surface area (Å²) in [5.74, 6) is -0.0672. The van der Waals surface area contributed by atoms with Crippen LogP contribution in [0.4, 0.5) is 0 Å². The number of nitrogens with two attached hydrogens (primary N) is 1. The predicted octanol–water partition coefficient (Wildman–Crippen LogP) is 1.36.